The summed E-state index contributed by atoms with van der Waals surface area (Å²) in [6.45, 7) is 0. The molecular weight excluding hydrogens is 174 g/mol. The molecule has 0 spiro atoms. The van der Waals surface area contributed by atoms with Gasteiger partial charge in [0.15, 0.2) is 0 Å². The highest BCUT2D eigenvalue weighted by Crippen LogP contribution is 2.33. The van der Waals surface area contributed by atoms with Crippen LogP contribution in [0.15, 0.2) is 23.9 Å². The first-order valence-corrected chi connectivity index (χ1v) is 4.58. The van der Waals surface area contributed by atoms with Gasteiger partial charge in [-0.2, -0.15) is 5.26 Å². The van der Waals surface area contributed by atoms with E-state index in [1.165, 1.54) is 5.57 Å². The van der Waals surface area contributed by atoms with Gasteiger partial charge in [-0.25, -0.2) is 4.98 Å². The maximum absolute atomic E-state index is 8.60. The van der Waals surface area contributed by atoms with Crippen LogP contribution in [0, 0.1) is 17.2 Å². The van der Waals surface area contributed by atoms with Gasteiger partial charge in [-0.1, -0.05) is 11.6 Å². The van der Waals surface area contributed by atoms with Crippen LogP contribution in [0.25, 0.3) is 6.08 Å². The fourth-order valence-electron chi connectivity index (χ4n) is 1.52. The third-order valence-corrected chi connectivity index (χ3v) is 2.38. The maximum Gasteiger partial charge on any atom is 0.123 e. The lowest BCUT2D eigenvalue weighted by atomic mass is 9.80. The number of aromatic nitrogens is 1. The summed E-state index contributed by atoms with van der Waals surface area (Å²) in [6.07, 6.45) is 5.64. The van der Waals surface area contributed by atoms with Gasteiger partial charge in [0.25, 0.3) is 0 Å². The highest BCUT2D eigenvalue weighted by atomic mass is 14.8. The molecule has 0 amide bonds. The molecule has 0 unspecified atom stereocenters. The van der Waals surface area contributed by atoms with Crippen LogP contribution in [-0.2, 0) is 0 Å². The predicted molar refractivity (Wildman–Crippen MR) is 55.0 cm³/mol. The minimum Gasteiger partial charge on any atom is -0.384 e. The Bertz CT molecular complexity index is 390. The number of anilines is 1. The smallest absolute Gasteiger partial charge is 0.123 e. The van der Waals surface area contributed by atoms with Gasteiger partial charge in [0, 0.05) is 6.20 Å². The van der Waals surface area contributed by atoms with Crippen molar-refractivity contribution in [1.29, 1.82) is 5.26 Å². The van der Waals surface area contributed by atoms with Crippen molar-refractivity contribution in [2.24, 2.45) is 5.92 Å². The van der Waals surface area contributed by atoms with Gasteiger partial charge in [-0.05, 0) is 30.5 Å². The second kappa shape index (κ2) is 3.51. The van der Waals surface area contributed by atoms with Crippen molar-refractivity contribution in [3.05, 3.63) is 29.5 Å². The monoisotopic (exact) mass is 185 g/mol. The zero-order valence-electron chi connectivity index (χ0n) is 7.77. The number of nitrogens with two attached hydrogens (primary N) is 1. The van der Waals surface area contributed by atoms with Crippen molar-refractivity contribution in [2.45, 2.75) is 12.8 Å². The first-order valence-electron chi connectivity index (χ1n) is 4.58. The van der Waals surface area contributed by atoms with Gasteiger partial charge in [0.1, 0.15) is 5.82 Å². The number of hydrogen-bond donors (Lipinski definition) is 1. The lowest BCUT2D eigenvalue weighted by Crippen LogP contribution is -2.11. The Morgan fingerprint density at radius 3 is 2.86 bits per heavy atom. The lowest BCUT2D eigenvalue weighted by molar-refractivity contribution is 0.531. The molecule has 3 nitrogen and oxygen atoms in total. The molecule has 0 radical (unpaired) electrons. The van der Waals surface area contributed by atoms with Crippen LogP contribution in [0.1, 0.15) is 18.4 Å². The number of hydrogen-bond acceptors (Lipinski definition) is 3. The number of allylic oxidation sites excluding steroid dienone is 1. The number of nitriles is 1. The number of pyridine rings is 1. The molecular formula is C11H11N3. The van der Waals surface area contributed by atoms with Crippen LogP contribution < -0.4 is 5.73 Å². The van der Waals surface area contributed by atoms with Gasteiger partial charge >= 0.3 is 0 Å². The third kappa shape index (κ3) is 1.74. The van der Waals surface area contributed by atoms with E-state index in [9.17, 15) is 0 Å². The van der Waals surface area contributed by atoms with Crippen molar-refractivity contribution in [3.63, 3.8) is 0 Å². The molecule has 2 rings (SSSR count). The molecule has 1 fully saturated rings. The minimum absolute atomic E-state index is 0.225. The van der Waals surface area contributed by atoms with E-state index in [4.69, 9.17) is 11.0 Å². The van der Waals surface area contributed by atoms with Crippen LogP contribution in [0.5, 0.6) is 0 Å². The zero-order chi connectivity index (χ0) is 9.97. The highest BCUT2D eigenvalue weighted by molar-refractivity contribution is 5.55. The van der Waals surface area contributed by atoms with Crippen molar-refractivity contribution < 1.29 is 0 Å². The van der Waals surface area contributed by atoms with Gasteiger partial charge in [0.05, 0.1) is 12.0 Å². The quantitative estimate of drug-likeness (QED) is 0.727. The molecule has 0 aromatic carbocycles. The fourth-order valence-corrected chi connectivity index (χ4v) is 1.52. The van der Waals surface area contributed by atoms with E-state index < -0.39 is 0 Å². The first-order chi connectivity index (χ1) is 6.78. The van der Waals surface area contributed by atoms with Crippen LogP contribution >= 0.6 is 0 Å². The summed E-state index contributed by atoms with van der Waals surface area (Å²) in [4.78, 5) is 4.00. The summed E-state index contributed by atoms with van der Waals surface area (Å²) in [5, 5.41) is 8.60. The van der Waals surface area contributed by atoms with Crippen LogP contribution in [0.4, 0.5) is 5.82 Å². The van der Waals surface area contributed by atoms with Crippen molar-refractivity contribution in [1.82, 2.24) is 4.98 Å². The number of nitrogens with zero attached hydrogens (tertiary/aromatic N) is 2. The first kappa shape index (κ1) is 8.76. The van der Waals surface area contributed by atoms with Gasteiger partial charge < -0.3 is 5.73 Å². The molecule has 70 valence electrons. The molecule has 1 saturated carbocycles. The van der Waals surface area contributed by atoms with Crippen LogP contribution in [0.2, 0.25) is 0 Å². The van der Waals surface area contributed by atoms with E-state index in [0.717, 1.165) is 18.4 Å². The molecule has 3 heteroatoms. The Hall–Kier alpha value is -1.82. The van der Waals surface area contributed by atoms with Gasteiger partial charge in [0.2, 0.25) is 0 Å². The van der Waals surface area contributed by atoms with Crippen molar-refractivity contribution in [2.75, 3.05) is 5.73 Å². The summed E-state index contributed by atoms with van der Waals surface area (Å²) >= 11 is 0. The summed E-state index contributed by atoms with van der Waals surface area (Å²) in [5.41, 5.74) is 7.86. The summed E-state index contributed by atoms with van der Waals surface area (Å²) in [7, 11) is 0. The second-order valence-electron chi connectivity index (χ2n) is 3.55. The molecule has 1 aliphatic carbocycles. The number of rotatable bonds is 1. The SMILES string of the molecule is N#CC1CC(=Cc2ccc(N)nc2)C1. The largest absolute Gasteiger partial charge is 0.384 e. The molecule has 0 aliphatic heterocycles. The Kier molecular flexibility index (Phi) is 2.19. The lowest BCUT2D eigenvalue weighted by Gasteiger charge is -2.22. The average Bonchev–Trinajstić information content (AvgIpc) is 2.13. The van der Waals surface area contributed by atoms with Crippen molar-refractivity contribution in [3.8, 4) is 6.07 Å². The molecule has 0 saturated heterocycles. The van der Waals surface area contributed by atoms with E-state index in [2.05, 4.69) is 17.1 Å². The Labute approximate surface area is 82.9 Å². The van der Waals surface area contributed by atoms with E-state index >= 15 is 0 Å². The van der Waals surface area contributed by atoms with Gasteiger partial charge in [-0.3, -0.25) is 0 Å². The fraction of sp³-hybridized carbons (Fsp3) is 0.273. The Balaban J connectivity index is 2.06. The van der Waals surface area contributed by atoms with Gasteiger partial charge in [-0.15, -0.1) is 0 Å². The second-order valence-corrected chi connectivity index (χ2v) is 3.55. The molecule has 1 aromatic rings. The molecule has 1 aliphatic rings. The minimum atomic E-state index is 0.225. The highest BCUT2D eigenvalue weighted by Gasteiger charge is 2.21. The van der Waals surface area contributed by atoms with Crippen molar-refractivity contribution >= 4 is 11.9 Å². The van der Waals surface area contributed by atoms with E-state index in [0.29, 0.717) is 5.82 Å². The number of nitrogen functional groups attached to an aromatic ring is 1. The average molecular weight is 185 g/mol. The van der Waals surface area contributed by atoms with E-state index in [1.54, 1.807) is 12.3 Å². The molecule has 2 N–H and O–H groups in total. The molecule has 1 aromatic heterocycles. The standard InChI is InChI=1S/C11H11N3/c12-6-10-4-9(5-10)3-8-1-2-11(13)14-7-8/h1-3,7,10H,4-5H2,(H2,13,14). The Morgan fingerprint density at radius 2 is 2.29 bits per heavy atom. The van der Waals surface area contributed by atoms with Crippen LogP contribution in [-0.4, -0.2) is 4.98 Å². The van der Waals surface area contributed by atoms with Crippen LogP contribution in [0.3, 0.4) is 0 Å². The Morgan fingerprint density at radius 1 is 1.50 bits per heavy atom. The summed E-state index contributed by atoms with van der Waals surface area (Å²) < 4.78 is 0. The molecule has 1 heterocycles. The van der Waals surface area contributed by atoms with E-state index in [-0.39, 0.29) is 5.92 Å². The normalized spacial score (nSPS) is 19.6. The molecule has 0 atom stereocenters. The maximum atomic E-state index is 8.60. The predicted octanol–water partition coefficient (Wildman–Crippen LogP) is 1.98. The zero-order valence-corrected chi connectivity index (χ0v) is 7.77. The topological polar surface area (TPSA) is 62.7 Å². The third-order valence-electron chi connectivity index (χ3n) is 2.38. The summed E-state index contributed by atoms with van der Waals surface area (Å²) in [6, 6.07) is 5.97. The summed E-state index contributed by atoms with van der Waals surface area (Å²) in [5.74, 6) is 0.763. The molecule has 0 bridgehead atoms. The molecule has 14 heavy (non-hydrogen) atoms. The van der Waals surface area contributed by atoms with E-state index in [1.807, 2.05) is 6.07 Å².